The van der Waals surface area contributed by atoms with Crippen LogP contribution >= 0.6 is 0 Å². The van der Waals surface area contributed by atoms with E-state index in [0.717, 1.165) is 66.5 Å². The van der Waals surface area contributed by atoms with Gasteiger partial charge >= 0.3 is 0 Å². The maximum absolute atomic E-state index is 13.4. The van der Waals surface area contributed by atoms with Crippen molar-refractivity contribution in [2.45, 2.75) is 6.42 Å². The summed E-state index contributed by atoms with van der Waals surface area (Å²) in [6.45, 7) is 5.15. The predicted octanol–water partition coefficient (Wildman–Crippen LogP) is 3.69. The Morgan fingerprint density at radius 2 is 1.80 bits per heavy atom. The average molecular weight is 406 g/mol. The third-order valence-electron chi connectivity index (χ3n) is 6.17. The SMILES string of the molecule is COc1cc2c3c(cc4ccccc4c3c1OC)N(CCCN1CCOCC1)C2=O. The second-order valence-electron chi connectivity index (χ2n) is 7.79. The first-order valence-corrected chi connectivity index (χ1v) is 10.5. The molecule has 156 valence electrons. The molecule has 0 saturated carbocycles. The number of anilines is 1. The molecule has 1 saturated heterocycles. The van der Waals surface area contributed by atoms with E-state index in [1.165, 1.54) is 0 Å². The first kappa shape index (κ1) is 19.2. The molecular weight excluding hydrogens is 380 g/mol. The molecular formula is C24H26N2O4. The van der Waals surface area contributed by atoms with E-state index in [2.05, 4.69) is 23.1 Å². The van der Waals surface area contributed by atoms with Gasteiger partial charge in [-0.25, -0.2) is 0 Å². The highest BCUT2D eigenvalue weighted by atomic mass is 16.5. The van der Waals surface area contributed by atoms with Crippen LogP contribution in [0.4, 0.5) is 5.69 Å². The van der Waals surface area contributed by atoms with Crippen LogP contribution in [0.15, 0.2) is 36.4 Å². The van der Waals surface area contributed by atoms with Gasteiger partial charge in [0.2, 0.25) is 0 Å². The number of ether oxygens (including phenoxy) is 3. The summed E-state index contributed by atoms with van der Waals surface area (Å²) in [5.41, 5.74) is 1.65. The Labute approximate surface area is 175 Å². The van der Waals surface area contributed by atoms with E-state index in [4.69, 9.17) is 14.2 Å². The number of methoxy groups -OCH3 is 2. The number of morpholine rings is 1. The van der Waals surface area contributed by atoms with Crippen molar-refractivity contribution in [2.24, 2.45) is 0 Å². The Hall–Kier alpha value is -2.83. The van der Waals surface area contributed by atoms with Crippen molar-refractivity contribution in [1.82, 2.24) is 4.90 Å². The number of nitrogens with zero attached hydrogens (tertiary/aromatic N) is 2. The van der Waals surface area contributed by atoms with Gasteiger partial charge < -0.3 is 19.1 Å². The highest BCUT2D eigenvalue weighted by Gasteiger charge is 2.33. The zero-order valence-electron chi connectivity index (χ0n) is 17.4. The fraction of sp³-hybridized carbons (Fsp3) is 0.375. The molecule has 5 rings (SSSR count). The molecule has 3 aromatic rings. The molecule has 0 atom stereocenters. The predicted molar refractivity (Wildman–Crippen MR) is 118 cm³/mol. The molecule has 0 spiro atoms. The largest absolute Gasteiger partial charge is 0.493 e. The lowest BCUT2D eigenvalue weighted by Crippen LogP contribution is -2.38. The van der Waals surface area contributed by atoms with E-state index in [0.29, 0.717) is 23.6 Å². The number of carbonyl (C=O) groups is 1. The second kappa shape index (κ2) is 7.78. The Morgan fingerprint density at radius 3 is 2.57 bits per heavy atom. The molecule has 0 radical (unpaired) electrons. The first-order valence-electron chi connectivity index (χ1n) is 10.5. The number of benzene rings is 3. The summed E-state index contributed by atoms with van der Waals surface area (Å²) in [5, 5.41) is 4.06. The minimum Gasteiger partial charge on any atom is -0.493 e. The molecule has 1 fully saturated rings. The van der Waals surface area contributed by atoms with Crippen molar-refractivity contribution in [1.29, 1.82) is 0 Å². The molecule has 6 nitrogen and oxygen atoms in total. The Bertz CT molecular complexity index is 1120. The number of hydrogen-bond donors (Lipinski definition) is 0. The molecule has 2 heterocycles. The molecule has 2 aliphatic rings. The number of amides is 1. The van der Waals surface area contributed by atoms with E-state index < -0.39 is 0 Å². The van der Waals surface area contributed by atoms with Gasteiger partial charge in [-0.15, -0.1) is 0 Å². The van der Waals surface area contributed by atoms with Gasteiger partial charge in [-0.05, 0) is 29.3 Å². The van der Waals surface area contributed by atoms with Crippen LogP contribution in [-0.4, -0.2) is 64.4 Å². The fourth-order valence-corrected chi connectivity index (χ4v) is 4.72. The lowest BCUT2D eigenvalue weighted by atomic mass is 9.97. The van der Waals surface area contributed by atoms with Crippen LogP contribution < -0.4 is 14.4 Å². The minimum atomic E-state index is 0.0354. The van der Waals surface area contributed by atoms with Crippen LogP contribution in [0.2, 0.25) is 0 Å². The van der Waals surface area contributed by atoms with Crippen LogP contribution in [-0.2, 0) is 4.74 Å². The number of hydrogen-bond acceptors (Lipinski definition) is 5. The topological polar surface area (TPSA) is 51.2 Å². The molecule has 0 unspecified atom stereocenters. The molecule has 0 aliphatic carbocycles. The van der Waals surface area contributed by atoms with Gasteiger partial charge in [0.15, 0.2) is 11.5 Å². The lowest BCUT2D eigenvalue weighted by Gasteiger charge is -2.27. The Balaban J connectivity index is 1.58. The smallest absolute Gasteiger partial charge is 0.259 e. The normalized spacial score (nSPS) is 16.6. The molecule has 30 heavy (non-hydrogen) atoms. The second-order valence-corrected chi connectivity index (χ2v) is 7.79. The van der Waals surface area contributed by atoms with Gasteiger partial charge in [-0.2, -0.15) is 0 Å². The van der Waals surface area contributed by atoms with Gasteiger partial charge in [-0.3, -0.25) is 9.69 Å². The van der Waals surface area contributed by atoms with Crippen LogP contribution in [0.3, 0.4) is 0 Å². The summed E-state index contributed by atoms with van der Waals surface area (Å²) in [5.74, 6) is 1.30. The zero-order valence-corrected chi connectivity index (χ0v) is 17.4. The van der Waals surface area contributed by atoms with Crippen LogP contribution in [0.5, 0.6) is 11.5 Å². The zero-order chi connectivity index (χ0) is 20.7. The van der Waals surface area contributed by atoms with E-state index in [9.17, 15) is 4.79 Å². The lowest BCUT2D eigenvalue weighted by molar-refractivity contribution is 0.0376. The highest BCUT2D eigenvalue weighted by Crippen LogP contribution is 2.49. The van der Waals surface area contributed by atoms with Gasteiger partial charge in [-0.1, -0.05) is 24.3 Å². The maximum Gasteiger partial charge on any atom is 0.259 e. The summed E-state index contributed by atoms with van der Waals surface area (Å²) < 4.78 is 16.8. The molecule has 3 aromatic carbocycles. The third-order valence-corrected chi connectivity index (χ3v) is 6.17. The van der Waals surface area contributed by atoms with Crippen LogP contribution in [0.25, 0.3) is 21.5 Å². The first-order chi connectivity index (χ1) is 14.7. The monoisotopic (exact) mass is 406 g/mol. The van der Waals surface area contributed by atoms with Gasteiger partial charge in [0.25, 0.3) is 5.91 Å². The summed E-state index contributed by atoms with van der Waals surface area (Å²) in [6.07, 6.45) is 0.919. The Morgan fingerprint density at radius 1 is 1.00 bits per heavy atom. The van der Waals surface area contributed by atoms with E-state index in [-0.39, 0.29) is 5.91 Å². The van der Waals surface area contributed by atoms with E-state index in [1.54, 1.807) is 14.2 Å². The van der Waals surface area contributed by atoms with Crippen molar-refractivity contribution in [3.05, 3.63) is 42.0 Å². The van der Waals surface area contributed by atoms with Crippen molar-refractivity contribution in [3.63, 3.8) is 0 Å². The van der Waals surface area contributed by atoms with Gasteiger partial charge in [0.05, 0.1) is 38.7 Å². The minimum absolute atomic E-state index is 0.0354. The maximum atomic E-state index is 13.4. The van der Waals surface area contributed by atoms with E-state index >= 15 is 0 Å². The van der Waals surface area contributed by atoms with Crippen molar-refractivity contribution in [2.75, 3.05) is 58.5 Å². The molecule has 0 bridgehead atoms. The van der Waals surface area contributed by atoms with Crippen LogP contribution in [0, 0.1) is 0 Å². The molecule has 0 N–H and O–H groups in total. The summed E-state index contributed by atoms with van der Waals surface area (Å²) in [6, 6.07) is 12.1. The van der Waals surface area contributed by atoms with E-state index in [1.807, 2.05) is 23.1 Å². The number of carbonyl (C=O) groups excluding carboxylic acids is 1. The quantitative estimate of drug-likeness (QED) is 0.585. The van der Waals surface area contributed by atoms with Crippen LogP contribution in [0.1, 0.15) is 16.8 Å². The van der Waals surface area contributed by atoms with Gasteiger partial charge in [0.1, 0.15) is 0 Å². The van der Waals surface area contributed by atoms with Crippen molar-refractivity contribution in [3.8, 4) is 11.5 Å². The summed E-state index contributed by atoms with van der Waals surface area (Å²) in [7, 11) is 3.26. The highest BCUT2D eigenvalue weighted by molar-refractivity contribution is 6.31. The standard InChI is InChI=1S/C24H26N2O4/c1-28-20-15-18-21-19(14-16-6-3-4-7-17(16)22(21)23(20)29-2)26(24(18)27)9-5-8-25-10-12-30-13-11-25/h3-4,6-7,14-15H,5,8-13H2,1-2H3. The number of rotatable bonds is 6. The fourth-order valence-electron chi connectivity index (χ4n) is 4.72. The Kier molecular flexibility index (Phi) is 4.97. The average Bonchev–Trinajstić information content (AvgIpc) is 3.05. The van der Waals surface area contributed by atoms with Crippen molar-refractivity contribution >= 4 is 33.1 Å². The molecule has 2 aliphatic heterocycles. The van der Waals surface area contributed by atoms with Crippen molar-refractivity contribution < 1.29 is 19.0 Å². The molecule has 6 heteroatoms. The number of fused-ring (bicyclic) bond motifs is 2. The van der Waals surface area contributed by atoms with Gasteiger partial charge in [0, 0.05) is 37.0 Å². The summed E-state index contributed by atoms with van der Waals surface area (Å²) in [4.78, 5) is 17.7. The third kappa shape index (κ3) is 2.99. The molecule has 0 aromatic heterocycles. The molecule has 1 amide bonds. The summed E-state index contributed by atoms with van der Waals surface area (Å²) >= 11 is 0.